The molecule has 0 bridgehead atoms. The molecule has 0 heterocycles. The molecule has 0 aromatic carbocycles. The third-order valence-corrected chi connectivity index (χ3v) is 13.5. The van der Waals surface area contributed by atoms with Crippen LogP contribution in [0, 0.1) is 56.7 Å². The first kappa shape index (κ1) is 24.0. The molecule has 0 aromatic rings. The lowest BCUT2D eigenvalue weighted by molar-refractivity contribution is -0.263. The van der Waals surface area contributed by atoms with Crippen LogP contribution in [0.25, 0.3) is 0 Å². The van der Waals surface area contributed by atoms with Gasteiger partial charge < -0.3 is 10.2 Å². The quantitative estimate of drug-likeness (QED) is 0.458. The van der Waals surface area contributed by atoms with E-state index in [1.54, 1.807) is 0 Å². The summed E-state index contributed by atoms with van der Waals surface area (Å²) in [5.74, 6) is 2.34. The van der Waals surface area contributed by atoms with Gasteiger partial charge in [0.15, 0.2) is 5.78 Å². The molecule has 4 saturated carbocycles. The van der Waals surface area contributed by atoms with Crippen LogP contribution in [0.5, 0.6) is 0 Å². The van der Waals surface area contributed by atoms with Crippen LogP contribution < -0.4 is 0 Å². The van der Waals surface area contributed by atoms with Crippen LogP contribution in [0.4, 0.5) is 0 Å². The minimum Gasteiger partial charge on any atom is -0.393 e. The topological polar surface area (TPSA) is 57.5 Å². The van der Waals surface area contributed by atoms with Crippen LogP contribution >= 0.6 is 0 Å². The summed E-state index contributed by atoms with van der Waals surface area (Å²) in [6.07, 6.45) is 8.56. The molecule has 0 amide bonds. The number of carbonyl (C=O) groups is 1. The highest BCUT2D eigenvalue weighted by atomic mass is 16.3. The number of allylic oxidation sites excluding steroid dienone is 2. The molecule has 0 unspecified atom stereocenters. The number of hydrogen-bond acceptors (Lipinski definition) is 3. The molecular weight excluding hydrogens is 408 g/mol. The minimum atomic E-state index is -0.648. The largest absolute Gasteiger partial charge is 0.393 e. The predicted molar refractivity (Wildman–Crippen MR) is 132 cm³/mol. The Hall–Kier alpha value is -0.670. The third-order valence-electron chi connectivity index (χ3n) is 13.5. The summed E-state index contributed by atoms with van der Waals surface area (Å²) in [6.45, 7) is 18.7. The zero-order chi connectivity index (χ0) is 24.4. The van der Waals surface area contributed by atoms with Crippen molar-refractivity contribution in [3.63, 3.8) is 0 Å². The predicted octanol–water partition coefficient (Wildman–Crippen LogP) is 6.17. The van der Waals surface area contributed by atoms with Gasteiger partial charge in [0.05, 0.1) is 17.6 Å². The molecular formula is C30H48O3. The van der Waals surface area contributed by atoms with Crippen LogP contribution in [0.15, 0.2) is 11.6 Å². The Kier molecular flexibility index (Phi) is 5.07. The Morgan fingerprint density at radius 1 is 0.848 bits per heavy atom. The van der Waals surface area contributed by atoms with Gasteiger partial charge >= 0.3 is 0 Å². The van der Waals surface area contributed by atoms with Crippen LogP contribution in [0.3, 0.4) is 0 Å². The summed E-state index contributed by atoms with van der Waals surface area (Å²) < 4.78 is 0. The Morgan fingerprint density at radius 2 is 1.52 bits per heavy atom. The van der Waals surface area contributed by atoms with E-state index in [-0.39, 0.29) is 39.5 Å². The number of hydrogen-bond donors (Lipinski definition) is 2. The van der Waals surface area contributed by atoms with Crippen molar-refractivity contribution in [2.45, 2.75) is 113 Å². The SMILES string of the molecule is CC1=CC(=O)[C@@]2(C)[C@H]([C@@H]1C)[C@H]1CC[C@@H]3[C@@]4(C)CC[C@H](O)C(C)(C)[C@@H]4CC[C@@]3(C)[C@]1(C)C[C@@H]2O. The van der Waals surface area contributed by atoms with Gasteiger partial charge in [0.1, 0.15) is 0 Å². The van der Waals surface area contributed by atoms with Crippen LogP contribution in [0.2, 0.25) is 0 Å². The number of rotatable bonds is 0. The first-order chi connectivity index (χ1) is 15.2. The molecule has 2 N–H and O–H groups in total. The van der Waals surface area contributed by atoms with E-state index in [2.05, 4.69) is 55.4 Å². The second-order valence-corrected chi connectivity index (χ2v) is 14.6. The molecule has 5 rings (SSSR count). The van der Waals surface area contributed by atoms with Gasteiger partial charge in [-0.25, -0.2) is 0 Å². The molecule has 186 valence electrons. The van der Waals surface area contributed by atoms with Crippen LogP contribution in [-0.4, -0.2) is 28.2 Å². The zero-order valence-corrected chi connectivity index (χ0v) is 22.4. The molecule has 0 aliphatic heterocycles. The van der Waals surface area contributed by atoms with Gasteiger partial charge in [-0.1, -0.05) is 47.1 Å². The molecule has 0 spiro atoms. The maximum atomic E-state index is 13.3. The fourth-order valence-electron chi connectivity index (χ4n) is 11.1. The Balaban J connectivity index is 1.59. The van der Waals surface area contributed by atoms with Crippen molar-refractivity contribution in [2.24, 2.45) is 56.7 Å². The summed E-state index contributed by atoms with van der Waals surface area (Å²) in [6, 6.07) is 0. The van der Waals surface area contributed by atoms with E-state index in [0.29, 0.717) is 23.7 Å². The monoisotopic (exact) mass is 456 g/mol. The van der Waals surface area contributed by atoms with Crippen LogP contribution in [-0.2, 0) is 4.79 Å². The van der Waals surface area contributed by atoms with E-state index in [4.69, 9.17) is 0 Å². The Bertz CT molecular complexity index is 889. The van der Waals surface area contributed by atoms with Crippen molar-refractivity contribution < 1.29 is 15.0 Å². The standard InChI is InChI=1S/C30H48O3/c1-17-15-23(32)30(8)24(33)16-29(7)19(25(30)18(17)2)9-10-21-27(5)13-12-22(31)26(3,4)20(27)11-14-28(21,29)6/h15,18-22,24-25,31,33H,9-14,16H2,1-8H3/t18-,19-,20+,21-,22+,24+,25-,27+,28-,29-,30-/m1/s1. The summed E-state index contributed by atoms with van der Waals surface area (Å²) in [4.78, 5) is 13.3. The van der Waals surface area contributed by atoms with Crippen LogP contribution in [0.1, 0.15) is 100 Å². The van der Waals surface area contributed by atoms with Gasteiger partial charge in [0.2, 0.25) is 0 Å². The van der Waals surface area contributed by atoms with E-state index in [1.165, 1.54) is 31.3 Å². The first-order valence-electron chi connectivity index (χ1n) is 13.7. The van der Waals surface area contributed by atoms with Gasteiger partial charge in [-0.2, -0.15) is 0 Å². The zero-order valence-electron chi connectivity index (χ0n) is 22.4. The highest BCUT2D eigenvalue weighted by Crippen LogP contribution is 2.76. The molecule has 0 radical (unpaired) electrons. The van der Waals surface area contributed by atoms with Gasteiger partial charge in [0, 0.05) is 0 Å². The van der Waals surface area contributed by atoms with E-state index in [1.807, 2.05) is 6.08 Å². The fraction of sp³-hybridized carbons (Fsp3) is 0.900. The number of aliphatic hydroxyl groups is 2. The second-order valence-electron chi connectivity index (χ2n) is 14.6. The van der Waals surface area contributed by atoms with Crippen molar-refractivity contribution in [1.82, 2.24) is 0 Å². The summed E-state index contributed by atoms with van der Waals surface area (Å²) in [7, 11) is 0. The summed E-state index contributed by atoms with van der Waals surface area (Å²) in [5.41, 5.74) is 0.927. The van der Waals surface area contributed by atoms with Gasteiger partial charge in [0.25, 0.3) is 0 Å². The van der Waals surface area contributed by atoms with E-state index in [0.717, 1.165) is 19.3 Å². The maximum absolute atomic E-state index is 13.3. The Labute approximate surface area is 201 Å². The minimum absolute atomic E-state index is 0.0276. The fourth-order valence-corrected chi connectivity index (χ4v) is 11.1. The highest BCUT2D eigenvalue weighted by Gasteiger charge is 2.72. The molecule has 5 aliphatic rings. The molecule has 5 aliphatic carbocycles. The third kappa shape index (κ3) is 2.68. The van der Waals surface area contributed by atoms with Crippen molar-refractivity contribution in [3.8, 4) is 0 Å². The molecule has 3 heteroatoms. The van der Waals surface area contributed by atoms with Crippen molar-refractivity contribution in [1.29, 1.82) is 0 Å². The van der Waals surface area contributed by atoms with E-state index >= 15 is 0 Å². The maximum Gasteiger partial charge on any atom is 0.164 e. The number of aliphatic hydroxyl groups excluding tert-OH is 2. The summed E-state index contributed by atoms with van der Waals surface area (Å²) in [5, 5.41) is 22.6. The Morgan fingerprint density at radius 3 is 2.18 bits per heavy atom. The molecule has 11 atom stereocenters. The smallest absolute Gasteiger partial charge is 0.164 e. The highest BCUT2D eigenvalue weighted by molar-refractivity contribution is 5.97. The average molecular weight is 457 g/mol. The van der Waals surface area contributed by atoms with Crippen molar-refractivity contribution >= 4 is 5.78 Å². The lowest BCUT2D eigenvalue weighted by Gasteiger charge is -2.73. The van der Waals surface area contributed by atoms with Gasteiger partial charge in [-0.3, -0.25) is 4.79 Å². The number of fused-ring (bicyclic) bond motifs is 7. The lowest BCUT2D eigenvalue weighted by Crippen LogP contribution is -2.70. The average Bonchev–Trinajstić information content (AvgIpc) is 2.71. The second kappa shape index (κ2) is 6.96. The molecule has 4 fully saturated rings. The van der Waals surface area contributed by atoms with Crippen molar-refractivity contribution in [3.05, 3.63) is 11.6 Å². The number of ketones is 1. The number of carbonyl (C=O) groups excluding carboxylic acids is 1. The molecule has 0 saturated heterocycles. The lowest BCUT2D eigenvalue weighted by atomic mass is 9.31. The normalized spacial score (nSPS) is 57.8. The van der Waals surface area contributed by atoms with Gasteiger partial charge in [-0.15, -0.1) is 0 Å². The molecule has 33 heavy (non-hydrogen) atoms. The van der Waals surface area contributed by atoms with E-state index < -0.39 is 11.5 Å². The van der Waals surface area contributed by atoms with E-state index in [9.17, 15) is 15.0 Å². The molecule has 0 aromatic heterocycles. The molecule has 3 nitrogen and oxygen atoms in total. The van der Waals surface area contributed by atoms with Crippen molar-refractivity contribution in [2.75, 3.05) is 0 Å². The first-order valence-corrected chi connectivity index (χ1v) is 13.7. The van der Waals surface area contributed by atoms with Gasteiger partial charge in [-0.05, 0) is 116 Å². The summed E-state index contributed by atoms with van der Waals surface area (Å²) >= 11 is 0.